The summed E-state index contributed by atoms with van der Waals surface area (Å²) >= 11 is 0. The van der Waals surface area contributed by atoms with E-state index in [0.29, 0.717) is 12.5 Å². The van der Waals surface area contributed by atoms with Crippen LogP contribution in [-0.2, 0) is 13.0 Å². The Hall–Kier alpha value is -2.17. The number of imidazole rings is 1. The van der Waals surface area contributed by atoms with Crippen LogP contribution in [0.4, 0.5) is 0 Å². The second-order valence-corrected chi connectivity index (χ2v) is 7.50. The van der Waals surface area contributed by atoms with E-state index in [-0.39, 0.29) is 0 Å². The minimum atomic E-state index is 0.543. The summed E-state index contributed by atoms with van der Waals surface area (Å²) in [6, 6.07) is 15.2. The van der Waals surface area contributed by atoms with Crippen molar-refractivity contribution in [1.29, 1.82) is 0 Å². The van der Waals surface area contributed by atoms with E-state index >= 15 is 0 Å². The number of aromatic amines is 1. The van der Waals surface area contributed by atoms with Gasteiger partial charge in [-0.2, -0.15) is 0 Å². The Morgan fingerprint density at radius 1 is 1.12 bits per heavy atom. The Kier molecular flexibility index (Phi) is 5.05. The molecular weight excluding hydrogens is 320 g/mol. The normalized spacial score (nSPS) is 16.4. The van der Waals surface area contributed by atoms with Crippen molar-refractivity contribution in [3.8, 4) is 0 Å². The van der Waals surface area contributed by atoms with Gasteiger partial charge >= 0.3 is 0 Å². The van der Waals surface area contributed by atoms with Crippen LogP contribution in [0.3, 0.4) is 0 Å². The number of aromatic nitrogens is 2. The first-order valence-electron chi connectivity index (χ1n) is 9.68. The third-order valence-corrected chi connectivity index (χ3v) is 5.54. The molecule has 136 valence electrons. The summed E-state index contributed by atoms with van der Waals surface area (Å²) in [5.41, 5.74) is 12.0. The van der Waals surface area contributed by atoms with Crippen LogP contribution in [0.1, 0.15) is 41.3 Å². The Labute approximate surface area is 155 Å². The molecule has 2 aromatic carbocycles. The SMILES string of the molecule is Cc1cccc2[nH]c(C3CCN(Cc4cccc(CCN)c4)CC3)nc12. The van der Waals surface area contributed by atoms with Crippen molar-refractivity contribution in [3.63, 3.8) is 0 Å². The van der Waals surface area contributed by atoms with Gasteiger partial charge in [0, 0.05) is 12.5 Å². The minimum Gasteiger partial charge on any atom is -0.342 e. The van der Waals surface area contributed by atoms with E-state index < -0.39 is 0 Å². The molecule has 4 rings (SSSR count). The Balaban J connectivity index is 1.39. The smallest absolute Gasteiger partial charge is 0.110 e. The van der Waals surface area contributed by atoms with Gasteiger partial charge in [0.15, 0.2) is 0 Å². The van der Waals surface area contributed by atoms with E-state index in [4.69, 9.17) is 10.7 Å². The fourth-order valence-electron chi connectivity index (χ4n) is 4.06. The van der Waals surface area contributed by atoms with E-state index in [9.17, 15) is 0 Å². The second kappa shape index (κ2) is 7.60. The van der Waals surface area contributed by atoms with E-state index in [2.05, 4.69) is 59.3 Å². The van der Waals surface area contributed by atoms with Crippen LogP contribution in [-0.4, -0.2) is 34.5 Å². The van der Waals surface area contributed by atoms with Crippen LogP contribution < -0.4 is 5.73 Å². The summed E-state index contributed by atoms with van der Waals surface area (Å²) in [5.74, 6) is 1.71. The van der Waals surface area contributed by atoms with E-state index in [1.807, 2.05) is 0 Å². The first kappa shape index (κ1) is 17.3. The second-order valence-electron chi connectivity index (χ2n) is 7.50. The number of piperidine rings is 1. The average Bonchev–Trinajstić information content (AvgIpc) is 3.09. The topological polar surface area (TPSA) is 57.9 Å². The number of benzene rings is 2. The highest BCUT2D eigenvalue weighted by Gasteiger charge is 2.23. The van der Waals surface area contributed by atoms with Crippen molar-refractivity contribution >= 4 is 11.0 Å². The molecule has 1 aliphatic heterocycles. The highest BCUT2D eigenvalue weighted by atomic mass is 15.1. The summed E-state index contributed by atoms with van der Waals surface area (Å²) in [6.45, 7) is 6.13. The molecule has 1 fully saturated rings. The number of fused-ring (bicyclic) bond motifs is 1. The largest absolute Gasteiger partial charge is 0.342 e. The van der Waals surface area contributed by atoms with Gasteiger partial charge in [-0.15, -0.1) is 0 Å². The molecule has 0 saturated carbocycles. The summed E-state index contributed by atoms with van der Waals surface area (Å²) in [7, 11) is 0. The van der Waals surface area contributed by atoms with Gasteiger partial charge in [0.05, 0.1) is 11.0 Å². The molecule has 0 amide bonds. The Morgan fingerprint density at radius 3 is 2.65 bits per heavy atom. The standard InChI is InChI=1S/C22H28N4/c1-16-4-2-7-20-21(16)25-22(24-20)19-9-12-26(13-10-19)15-18-6-3-5-17(14-18)8-11-23/h2-7,14,19H,8-13,15,23H2,1H3,(H,24,25). The summed E-state index contributed by atoms with van der Waals surface area (Å²) in [5, 5.41) is 0. The van der Waals surface area contributed by atoms with Gasteiger partial charge < -0.3 is 10.7 Å². The van der Waals surface area contributed by atoms with Gasteiger partial charge in [0.2, 0.25) is 0 Å². The number of aryl methyl sites for hydroxylation is 1. The highest BCUT2D eigenvalue weighted by molar-refractivity contribution is 5.78. The number of para-hydroxylation sites is 1. The predicted octanol–water partition coefficient (Wildman–Crippen LogP) is 3.75. The van der Waals surface area contributed by atoms with Crippen molar-refractivity contribution in [2.75, 3.05) is 19.6 Å². The average molecular weight is 348 g/mol. The fourth-order valence-corrected chi connectivity index (χ4v) is 4.06. The zero-order valence-electron chi connectivity index (χ0n) is 15.5. The van der Waals surface area contributed by atoms with Crippen molar-refractivity contribution in [2.45, 2.75) is 38.6 Å². The van der Waals surface area contributed by atoms with E-state index in [1.165, 1.54) is 40.9 Å². The van der Waals surface area contributed by atoms with Crippen LogP contribution in [0.25, 0.3) is 11.0 Å². The molecule has 2 heterocycles. The number of nitrogens with two attached hydrogens (primary N) is 1. The molecule has 0 unspecified atom stereocenters. The third-order valence-electron chi connectivity index (χ3n) is 5.54. The monoisotopic (exact) mass is 348 g/mol. The lowest BCUT2D eigenvalue weighted by Crippen LogP contribution is -2.32. The molecule has 1 aliphatic rings. The predicted molar refractivity (Wildman–Crippen MR) is 107 cm³/mol. The van der Waals surface area contributed by atoms with Crippen LogP contribution >= 0.6 is 0 Å². The van der Waals surface area contributed by atoms with Crippen LogP contribution in [0, 0.1) is 6.92 Å². The van der Waals surface area contributed by atoms with Crippen molar-refractivity contribution in [2.24, 2.45) is 5.73 Å². The van der Waals surface area contributed by atoms with Crippen LogP contribution in [0.15, 0.2) is 42.5 Å². The molecule has 3 aromatic rings. The van der Waals surface area contributed by atoms with Gasteiger partial charge in [0.25, 0.3) is 0 Å². The lowest BCUT2D eigenvalue weighted by molar-refractivity contribution is 0.202. The molecule has 0 bridgehead atoms. The molecule has 4 heteroatoms. The van der Waals surface area contributed by atoms with Gasteiger partial charge in [0.1, 0.15) is 5.82 Å². The maximum Gasteiger partial charge on any atom is 0.110 e. The molecule has 0 spiro atoms. The maximum atomic E-state index is 5.68. The number of hydrogen-bond donors (Lipinski definition) is 2. The quantitative estimate of drug-likeness (QED) is 0.738. The first-order chi connectivity index (χ1) is 12.7. The molecular formula is C22H28N4. The van der Waals surface area contributed by atoms with Gasteiger partial charge in [-0.25, -0.2) is 4.98 Å². The van der Waals surface area contributed by atoms with Gasteiger partial charge in [-0.3, -0.25) is 4.90 Å². The van der Waals surface area contributed by atoms with Crippen molar-refractivity contribution in [1.82, 2.24) is 14.9 Å². The summed E-state index contributed by atoms with van der Waals surface area (Å²) < 4.78 is 0. The lowest BCUT2D eigenvalue weighted by Gasteiger charge is -2.31. The first-order valence-corrected chi connectivity index (χ1v) is 9.68. The summed E-state index contributed by atoms with van der Waals surface area (Å²) in [4.78, 5) is 11.0. The van der Waals surface area contributed by atoms with Crippen LogP contribution in [0.5, 0.6) is 0 Å². The molecule has 1 aromatic heterocycles. The van der Waals surface area contributed by atoms with Crippen molar-refractivity contribution in [3.05, 3.63) is 65.0 Å². The summed E-state index contributed by atoms with van der Waals surface area (Å²) in [6.07, 6.45) is 3.30. The van der Waals surface area contributed by atoms with E-state index in [0.717, 1.165) is 31.6 Å². The molecule has 26 heavy (non-hydrogen) atoms. The lowest BCUT2D eigenvalue weighted by atomic mass is 9.95. The Bertz CT molecular complexity index is 875. The third kappa shape index (κ3) is 3.67. The minimum absolute atomic E-state index is 0.543. The number of likely N-dealkylation sites (tertiary alicyclic amines) is 1. The molecule has 0 aliphatic carbocycles. The number of nitrogens with one attached hydrogen (secondary N) is 1. The molecule has 0 atom stereocenters. The number of H-pyrrole nitrogens is 1. The molecule has 4 nitrogen and oxygen atoms in total. The number of hydrogen-bond acceptors (Lipinski definition) is 3. The van der Waals surface area contributed by atoms with Crippen LogP contribution in [0.2, 0.25) is 0 Å². The van der Waals surface area contributed by atoms with Gasteiger partial charge in [-0.05, 0) is 68.6 Å². The van der Waals surface area contributed by atoms with E-state index in [1.54, 1.807) is 0 Å². The van der Waals surface area contributed by atoms with Gasteiger partial charge in [-0.1, -0.05) is 36.4 Å². The number of nitrogens with zero attached hydrogens (tertiary/aromatic N) is 2. The fraction of sp³-hybridized carbons (Fsp3) is 0.409. The maximum absolute atomic E-state index is 5.68. The highest BCUT2D eigenvalue weighted by Crippen LogP contribution is 2.29. The number of rotatable bonds is 5. The zero-order chi connectivity index (χ0) is 17.9. The zero-order valence-corrected chi connectivity index (χ0v) is 15.5. The molecule has 1 saturated heterocycles. The molecule has 0 radical (unpaired) electrons. The molecule has 3 N–H and O–H groups in total. The Morgan fingerprint density at radius 2 is 1.88 bits per heavy atom. The van der Waals surface area contributed by atoms with Crippen molar-refractivity contribution < 1.29 is 0 Å².